The van der Waals surface area contributed by atoms with Gasteiger partial charge in [0.15, 0.2) is 0 Å². The van der Waals surface area contributed by atoms with E-state index in [1.165, 1.54) is 23.5 Å². The molecule has 2 aromatic rings. The Balaban J connectivity index is 1.90. The molecule has 0 saturated carbocycles. The number of halogens is 1. The summed E-state index contributed by atoms with van der Waals surface area (Å²) in [5.41, 5.74) is 1.03. The van der Waals surface area contributed by atoms with E-state index in [0.29, 0.717) is 12.5 Å². The van der Waals surface area contributed by atoms with E-state index in [-0.39, 0.29) is 5.82 Å². The average molecular weight is 295 g/mol. The largest absolute Gasteiger partial charge is 0.385 e. The van der Waals surface area contributed by atoms with Gasteiger partial charge in [-0.25, -0.2) is 4.39 Å². The standard InChI is InChI=1S/C14H18FN3OS/c1-10(7-8-19-2)16-14-18-17-13(20-14)9-11-3-5-12(15)6-4-11/h3-6,10H,7-9H2,1-2H3,(H,16,18). The maximum atomic E-state index is 12.8. The molecular formula is C14H18FN3OS. The number of nitrogens with one attached hydrogen (secondary N) is 1. The second-order valence-electron chi connectivity index (χ2n) is 4.63. The number of nitrogens with zero attached hydrogens (tertiary/aromatic N) is 2. The van der Waals surface area contributed by atoms with Gasteiger partial charge in [-0.1, -0.05) is 23.5 Å². The number of anilines is 1. The Bertz CT molecular complexity index is 529. The predicted octanol–water partition coefficient (Wildman–Crippen LogP) is 3.10. The second-order valence-corrected chi connectivity index (χ2v) is 5.69. The third-order valence-corrected chi connectivity index (χ3v) is 3.71. The third-order valence-electron chi connectivity index (χ3n) is 2.86. The minimum atomic E-state index is -0.222. The molecule has 1 aromatic heterocycles. The van der Waals surface area contributed by atoms with Gasteiger partial charge in [0.1, 0.15) is 10.8 Å². The summed E-state index contributed by atoms with van der Waals surface area (Å²) in [7, 11) is 1.69. The second kappa shape index (κ2) is 7.31. The summed E-state index contributed by atoms with van der Waals surface area (Å²) in [4.78, 5) is 0. The summed E-state index contributed by atoms with van der Waals surface area (Å²) < 4.78 is 17.9. The summed E-state index contributed by atoms with van der Waals surface area (Å²) in [6.45, 7) is 2.80. The first kappa shape index (κ1) is 14.9. The number of hydrogen-bond acceptors (Lipinski definition) is 5. The molecule has 0 radical (unpaired) electrons. The van der Waals surface area contributed by atoms with Crippen molar-refractivity contribution in [3.63, 3.8) is 0 Å². The molecule has 1 N–H and O–H groups in total. The van der Waals surface area contributed by atoms with Gasteiger partial charge in [0.05, 0.1) is 0 Å². The zero-order valence-electron chi connectivity index (χ0n) is 11.6. The molecule has 1 aromatic carbocycles. The molecule has 0 saturated heterocycles. The lowest BCUT2D eigenvalue weighted by molar-refractivity contribution is 0.191. The quantitative estimate of drug-likeness (QED) is 0.852. The van der Waals surface area contributed by atoms with Gasteiger partial charge in [0.25, 0.3) is 0 Å². The van der Waals surface area contributed by atoms with Gasteiger partial charge in [0.2, 0.25) is 5.13 Å². The van der Waals surface area contributed by atoms with Crippen molar-refractivity contribution < 1.29 is 9.13 Å². The molecule has 20 heavy (non-hydrogen) atoms. The molecule has 1 atom stereocenters. The van der Waals surface area contributed by atoms with Crippen LogP contribution in [0.25, 0.3) is 0 Å². The number of ether oxygens (including phenoxy) is 1. The molecule has 4 nitrogen and oxygen atoms in total. The highest BCUT2D eigenvalue weighted by molar-refractivity contribution is 7.15. The maximum absolute atomic E-state index is 12.8. The maximum Gasteiger partial charge on any atom is 0.205 e. The van der Waals surface area contributed by atoms with E-state index in [1.807, 2.05) is 0 Å². The fraction of sp³-hybridized carbons (Fsp3) is 0.429. The van der Waals surface area contributed by atoms with Crippen molar-refractivity contribution in [1.82, 2.24) is 10.2 Å². The van der Waals surface area contributed by atoms with Crippen LogP contribution in [-0.2, 0) is 11.2 Å². The predicted molar refractivity (Wildman–Crippen MR) is 78.7 cm³/mol. The molecule has 1 heterocycles. The van der Waals surface area contributed by atoms with Crippen LogP contribution < -0.4 is 5.32 Å². The Labute approximate surface area is 122 Å². The molecular weight excluding hydrogens is 277 g/mol. The van der Waals surface area contributed by atoms with E-state index in [1.54, 1.807) is 19.2 Å². The first-order valence-corrected chi connectivity index (χ1v) is 7.31. The van der Waals surface area contributed by atoms with Crippen molar-refractivity contribution in [2.75, 3.05) is 19.0 Å². The third kappa shape index (κ3) is 4.54. The summed E-state index contributed by atoms with van der Waals surface area (Å²) >= 11 is 1.53. The van der Waals surface area contributed by atoms with Crippen molar-refractivity contribution in [2.24, 2.45) is 0 Å². The minimum absolute atomic E-state index is 0.222. The fourth-order valence-corrected chi connectivity index (χ4v) is 2.62. The van der Waals surface area contributed by atoms with Gasteiger partial charge in [-0.05, 0) is 31.0 Å². The molecule has 0 aliphatic heterocycles. The highest BCUT2D eigenvalue weighted by Gasteiger charge is 2.08. The molecule has 2 rings (SSSR count). The normalized spacial score (nSPS) is 12.3. The van der Waals surface area contributed by atoms with Crippen LogP contribution >= 0.6 is 11.3 Å². The van der Waals surface area contributed by atoms with Crippen LogP contribution in [0.4, 0.5) is 9.52 Å². The Morgan fingerprint density at radius 1 is 1.30 bits per heavy atom. The van der Waals surface area contributed by atoms with Crippen molar-refractivity contribution in [3.05, 3.63) is 40.7 Å². The highest BCUT2D eigenvalue weighted by Crippen LogP contribution is 2.19. The van der Waals surface area contributed by atoms with Crippen molar-refractivity contribution in [1.29, 1.82) is 0 Å². The van der Waals surface area contributed by atoms with E-state index in [2.05, 4.69) is 22.4 Å². The lowest BCUT2D eigenvalue weighted by atomic mass is 10.2. The fourth-order valence-electron chi connectivity index (χ4n) is 1.74. The smallest absolute Gasteiger partial charge is 0.205 e. The number of aromatic nitrogens is 2. The van der Waals surface area contributed by atoms with E-state index in [0.717, 1.165) is 28.7 Å². The molecule has 6 heteroatoms. The van der Waals surface area contributed by atoms with Crippen LogP contribution in [0.3, 0.4) is 0 Å². The van der Waals surface area contributed by atoms with Gasteiger partial charge in [-0.3, -0.25) is 0 Å². The van der Waals surface area contributed by atoms with Crippen LogP contribution in [-0.4, -0.2) is 30.0 Å². The summed E-state index contributed by atoms with van der Waals surface area (Å²) in [6.07, 6.45) is 1.59. The minimum Gasteiger partial charge on any atom is -0.385 e. The van der Waals surface area contributed by atoms with Crippen molar-refractivity contribution >= 4 is 16.5 Å². The lowest BCUT2D eigenvalue weighted by Crippen LogP contribution is -2.16. The van der Waals surface area contributed by atoms with Gasteiger partial charge >= 0.3 is 0 Å². The van der Waals surface area contributed by atoms with Crippen LogP contribution in [0.15, 0.2) is 24.3 Å². The van der Waals surface area contributed by atoms with Crippen LogP contribution in [0.5, 0.6) is 0 Å². The van der Waals surface area contributed by atoms with Crippen molar-refractivity contribution in [3.8, 4) is 0 Å². The number of methoxy groups -OCH3 is 1. The topological polar surface area (TPSA) is 47.0 Å². The molecule has 0 amide bonds. The zero-order chi connectivity index (χ0) is 14.4. The zero-order valence-corrected chi connectivity index (χ0v) is 12.4. The number of rotatable bonds is 7. The SMILES string of the molecule is COCCC(C)Nc1nnc(Cc2ccc(F)cc2)s1. The summed E-state index contributed by atoms with van der Waals surface area (Å²) in [6, 6.07) is 6.75. The van der Waals surface area contributed by atoms with Crippen LogP contribution in [0, 0.1) is 5.82 Å². The van der Waals surface area contributed by atoms with Crippen molar-refractivity contribution in [2.45, 2.75) is 25.8 Å². The van der Waals surface area contributed by atoms with Crippen LogP contribution in [0.1, 0.15) is 23.9 Å². The molecule has 0 bridgehead atoms. The van der Waals surface area contributed by atoms with Gasteiger partial charge in [-0.2, -0.15) is 0 Å². The number of hydrogen-bond donors (Lipinski definition) is 1. The summed E-state index contributed by atoms with van der Waals surface area (Å²) in [5.74, 6) is -0.222. The van der Waals surface area contributed by atoms with Crippen LogP contribution in [0.2, 0.25) is 0 Å². The molecule has 0 aliphatic carbocycles. The monoisotopic (exact) mass is 295 g/mol. The first-order chi connectivity index (χ1) is 9.67. The average Bonchev–Trinajstić information content (AvgIpc) is 2.86. The highest BCUT2D eigenvalue weighted by atomic mass is 32.1. The van der Waals surface area contributed by atoms with E-state index in [9.17, 15) is 4.39 Å². The van der Waals surface area contributed by atoms with E-state index in [4.69, 9.17) is 4.74 Å². The summed E-state index contributed by atoms with van der Waals surface area (Å²) in [5, 5.41) is 13.3. The Hall–Kier alpha value is -1.53. The Kier molecular flexibility index (Phi) is 5.43. The van der Waals surface area contributed by atoms with Gasteiger partial charge < -0.3 is 10.1 Å². The van der Waals surface area contributed by atoms with E-state index < -0.39 is 0 Å². The lowest BCUT2D eigenvalue weighted by Gasteiger charge is -2.10. The molecule has 0 fully saturated rings. The van der Waals surface area contributed by atoms with Gasteiger partial charge in [0, 0.05) is 26.2 Å². The molecule has 1 unspecified atom stereocenters. The van der Waals surface area contributed by atoms with Gasteiger partial charge in [-0.15, -0.1) is 10.2 Å². The Morgan fingerprint density at radius 3 is 2.75 bits per heavy atom. The molecule has 0 aliphatic rings. The molecule has 108 valence electrons. The number of benzene rings is 1. The Morgan fingerprint density at radius 2 is 2.05 bits per heavy atom. The van der Waals surface area contributed by atoms with E-state index >= 15 is 0 Å². The first-order valence-electron chi connectivity index (χ1n) is 6.49. The molecule has 0 spiro atoms.